The Hall–Kier alpha value is -1.28. The number of benzene rings is 2. The van der Waals surface area contributed by atoms with E-state index in [2.05, 4.69) is 6.07 Å². The molecule has 0 aromatic heterocycles. The van der Waals surface area contributed by atoms with E-state index in [0.717, 1.165) is 21.2 Å². The zero-order valence-corrected chi connectivity index (χ0v) is 8.30. The average molecular weight is 200 g/mol. The number of Topliss-reactive ketones (excluding diaryl/α,β-unsaturated/α-hetero) is 1. The quantitative estimate of drug-likeness (QED) is 0.650. The van der Waals surface area contributed by atoms with Crippen LogP contribution < -0.4 is 0 Å². The second-order valence-electron chi connectivity index (χ2n) is 3.37. The van der Waals surface area contributed by atoms with Crippen LogP contribution in [0.4, 0.5) is 0 Å². The maximum absolute atomic E-state index is 11.7. The molecule has 2 heteroatoms. The number of carbonyl (C=O) groups excluding carboxylic acids is 1. The summed E-state index contributed by atoms with van der Waals surface area (Å²) in [5, 5.41) is 2.25. The monoisotopic (exact) mass is 200 g/mol. The van der Waals surface area contributed by atoms with Gasteiger partial charge in [0.2, 0.25) is 0 Å². The number of carbonyl (C=O) groups is 1. The van der Waals surface area contributed by atoms with Gasteiger partial charge >= 0.3 is 0 Å². The summed E-state index contributed by atoms with van der Waals surface area (Å²) < 4.78 is 0. The summed E-state index contributed by atoms with van der Waals surface area (Å²) >= 11 is 1.64. The van der Waals surface area contributed by atoms with Crippen molar-refractivity contribution in [3.05, 3.63) is 42.0 Å². The van der Waals surface area contributed by atoms with Crippen LogP contribution in [0.15, 0.2) is 41.3 Å². The van der Waals surface area contributed by atoms with E-state index in [4.69, 9.17) is 0 Å². The molecule has 0 unspecified atom stereocenters. The van der Waals surface area contributed by atoms with Crippen LogP contribution in [0.25, 0.3) is 10.8 Å². The number of thioether (sulfide) groups is 1. The predicted molar refractivity (Wildman–Crippen MR) is 59.0 cm³/mol. The van der Waals surface area contributed by atoms with Crippen LogP contribution in [-0.2, 0) is 0 Å². The third-order valence-electron chi connectivity index (χ3n) is 2.53. The van der Waals surface area contributed by atoms with Crippen LogP contribution >= 0.6 is 11.8 Å². The largest absolute Gasteiger partial charge is 0.293 e. The molecule has 0 radical (unpaired) electrons. The maximum Gasteiger partial charge on any atom is 0.174 e. The fraction of sp³-hybridized carbons (Fsp3) is 0.0833. The second kappa shape index (κ2) is 2.85. The molecule has 1 aliphatic rings. The summed E-state index contributed by atoms with van der Waals surface area (Å²) in [4.78, 5) is 12.8. The Labute approximate surface area is 86.1 Å². The molecule has 0 spiro atoms. The van der Waals surface area contributed by atoms with Gasteiger partial charge in [-0.05, 0) is 16.8 Å². The molecule has 0 aliphatic carbocycles. The lowest BCUT2D eigenvalue weighted by Crippen LogP contribution is -1.95. The highest BCUT2D eigenvalue weighted by Gasteiger charge is 2.21. The van der Waals surface area contributed by atoms with Crippen molar-refractivity contribution in [3.8, 4) is 0 Å². The molecule has 0 saturated carbocycles. The molecule has 0 bridgehead atoms. The Morgan fingerprint density at radius 2 is 1.93 bits per heavy atom. The molecule has 3 rings (SSSR count). The minimum absolute atomic E-state index is 0.266. The predicted octanol–water partition coefficient (Wildman–Crippen LogP) is 3.13. The third-order valence-corrected chi connectivity index (χ3v) is 3.59. The van der Waals surface area contributed by atoms with Gasteiger partial charge in [0.25, 0.3) is 0 Å². The summed E-state index contributed by atoms with van der Waals surface area (Å²) in [6.07, 6.45) is 0. The highest BCUT2D eigenvalue weighted by molar-refractivity contribution is 8.00. The van der Waals surface area contributed by atoms with Gasteiger partial charge in [-0.3, -0.25) is 4.79 Å². The first-order chi connectivity index (χ1) is 6.86. The van der Waals surface area contributed by atoms with Gasteiger partial charge < -0.3 is 0 Å². The average Bonchev–Trinajstić information content (AvgIpc) is 2.61. The third kappa shape index (κ3) is 1.01. The van der Waals surface area contributed by atoms with Crippen molar-refractivity contribution >= 4 is 28.3 Å². The number of hydrogen-bond acceptors (Lipinski definition) is 2. The smallest absolute Gasteiger partial charge is 0.174 e. The topological polar surface area (TPSA) is 17.1 Å². The zero-order valence-electron chi connectivity index (χ0n) is 7.49. The standard InChI is InChI=1S/C12H8OS/c13-10-7-14-11-6-5-8-3-1-2-4-9(8)12(10)11/h1-6H,7H2. The van der Waals surface area contributed by atoms with Gasteiger partial charge in [0, 0.05) is 10.5 Å². The number of rotatable bonds is 0. The summed E-state index contributed by atoms with van der Waals surface area (Å²) in [7, 11) is 0. The fourth-order valence-electron chi connectivity index (χ4n) is 1.87. The van der Waals surface area contributed by atoms with Crippen molar-refractivity contribution in [3.63, 3.8) is 0 Å². The Balaban J connectivity index is 2.47. The van der Waals surface area contributed by atoms with Crippen molar-refractivity contribution in [1.82, 2.24) is 0 Å². The van der Waals surface area contributed by atoms with E-state index >= 15 is 0 Å². The molecule has 0 N–H and O–H groups in total. The van der Waals surface area contributed by atoms with E-state index in [1.165, 1.54) is 0 Å². The summed E-state index contributed by atoms with van der Waals surface area (Å²) in [5.74, 6) is 0.866. The number of ketones is 1. The minimum atomic E-state index is 0.266. The Morgan fingerprint density at radius 3 is 2.86 bits per heavy atom. The summed E-state index contributed by atoms with van der Waals surface area (Å²) in [5.41, 5.74) is 0.924. The first-order valence-corrected chi connectivity index (χ1v) is 5.52. The van der Waals surface area contributed by atoms with Crippen molar-refractivity contribution in [2.45, 2.75) is 4.90 Å². The van der Waals surface area contributed by atoms with Crippen molar-refractivity contribution in [2.24, 2.45) is 0 Å². The molecule has 1 heterocycles. The van der Waals surface area contributed by atoms with E-state index in [1.807, 2.05) is 30.3 Å². The molecule has 1 aliphatic heterocycles. The van der Waals surface area contributed by atoms with Crippen LogP contribution in [0, 0.1) is 0 Å². The molecule has 0 atom stereocenters. The van der Waals surface area contributed by atoms with Gasteiger partial charge in [-0.15, -0.1) is 11.8 Å². The zero-order chi connectivity index (χ0) is 9.54. The molecule has 2 aromatic rings. The van der Waals surface area contributed by atoms with Crippen LogP contribution in [0.1, 0.15) is 10.4 Å². The lowest BCUT2D eigenvalue weighted by atomic mass is 10.0. The Morgan fingerprint density at radius 1 is 1.07 bits per heavy atom. The van der Waals surface area contributed by atoms with Gasteiger partial charge in [0.1, 0.15) is 0 Å². The molecular weight excluding hydrogens is 192 g/mol. The molecule has 14 heavy (non-hydrogen) atoms. The van der Waals surface area contributed by atoms with E-state index in [0.29, 0.717) is 5.75 Å². The molecule has 1 nitrogen and oxygen atoms in total. The normalized spacial score (nSPS) is 14.7. The molecular formula is C12H8OS. The lowest BCUT2D eigenvalue weighted by molar-refractivity contribution is 0.102. The fourth-order valence-corrected chi connectivity index (χ4v) is 2.84. The van der Waals surface area contributed by atoms with Crippen LogP contribution in [-0.4, -0.2) is 11.5 Å². The highest BCUT2D eigenvalue weighted by Crippen LogP contribution is 2.35. The van der Waals surface area contributed by atoms with Crippen LogP contribution in [0.2, 0.25) is 0 Å². The van der Waals surface area contributed by atoms with E-state index in [9.17, 15) is 4.79 Å². The van der Waals surface area contributed by atoms with Crippen molar-refractivity contribution < 1.29 is 4.79 Å². The second-order valence-corrected chi connectivity index (χ2v) is 4.39. The first-order valence-electron chi connectivity index (χ1n) is 4.54. The van der Waals surface area contributed by atoms with Crippen molar-refractivity contribution in [2.75, 3.05) is 5.75 Å². The van der Waals surface area contributed by atoms with E-state index < -0.39 is 0 Å². The summed E-state index contributed by atoms with van der Waals surface area (Å²) in [6.45, 7) is 0. The van der Waals surface area contributed by atoms with Gasteiger partial charge in [-0.25, -0.2) is 0 Å². The minimum Gasteiger partial charge on any atom is -0.293 e. The molecule has 0 fully saturated rings. The SMILES string of the molecule is O=C1CSc2ccc3ccccc3c21. The van der Waals surface area contributed by atoms with Gasteiger partial charge in [0.15, 0.2) is 5.78 Å². The van der Waals surface area contributed by atoms with Crippen molar-refractivity contribution in [1.29, 1.82) is 0 Å². The highest BCUT2D eigenvalue weighted by atomic mass is 32.2. The van der Waals surface area contributed by atoms with Crippen LogP contribution in [0.5, 0.6) is 0 Å². The lowest BCUT2D eigenvalue weighted by Gasteiger charge is -2.02. The maximum atomic E-state index is 11.7. The van der Waals surface area contributed by atoms with E-state index in [1.54, 1.807) is 11.8 Å². The Bertz CT molecular complexity index is 531. The Kier molecular flexibility index (Phi) is 1.64. The van der Waals surface area contributed by atoms with Gasteiger partial charge in [0.05, 0.1) is 5.75 Å². The van der Waals surface area contributed by atoms with E-state index in [-0.39, 0.29) is 5.78 Å². The van der Waals surface area contributed by atoms with Crippen LogP contribution in [0.3, 0.4) is 0 Å². The van der Waals surface area contributed by atoms with Gasteiger partial charge in [-0.1, -0.05) is 30.3 Å². The first kappa shape index (κ1) is 8.06. The molecule has 2 aromatic carbocycles. The van der Waals surface area contributed by atoms with Gasteiger partial charge in [-0.2, -0.15) is 0 Å². The number of hydrogen-bond donors (Lipinski definition) is 0. The summed E-state index contributed by atoms with van der Waals surface area (Å²) in [6, 6.07) is 12.2. The molecule has 0 saturated heterocycles. The number of fused-ring (bicyclic) bond motifs is 3. The molecule has 0 amide bonds. The molecule has 68 valence electrons.